The number of benzene rings is 2. The number of nitrogens with zero attached hydrogens (tertiary/aromatic N) is 1. The van der Waals surface area contributed by atoms with E-state index in [2.05, 4.69) is 49.5 Å². The predicted octanol–water partition coefficient (Wildman–Crippen LogP) is 8.23. The fourth-order valence-electron chi connectivity index (χ4n) is 4.97. The van der Waals surface area contributed by atoms with E-state index in [1.54, 1.807) is 7.11 Å². The van der Waals surface area contributed by atoms with Gasteiger partial charge in [-0.2, -0.15) is 0 Å². The average molecular weight is 458 g/mol. The van der Waals surface area contributed by atoms with Crippen LogP contribution in [-0.2, 0) is 6.42 Å². The van der Waals surface area contributed by atoms with Crippen LogP contribution < -0.4 is 9.47 Å². The van der Waals surface area contributed by atoms with Crippen molar-refractivity contribution >= 4 is 0 Å². The molecule has 0 radical (unpaired) electrons. The van der Waals surface area contributed by atoms with Gasteiger partial charge in [0.2, 0.25) is 0 Å². The normalized spacial score (nSPS) is 17.9. The molecular formula is C31H39NO2. The molecule has 0 saturated heterocycles. The van der Waals surface area contributed by atoms with Crippen LogP contribution in [0.1, 0.15) is 75.3 Å². The van der Waals surface area contributed by atoms with Gasteiger partial charge in [-0.15, -0.1) is 0 Å². The number of hydrogen-bond acceptors (Lipinski definition) is 3. The molecule has 0 bridgehead atoms. The third-order valence-electron chi connectivity index (χ3n) is 7.21. The monoisotopic (exact) mass is 457 g/mol. The van der Waals surface area contributed by atoms with Gasteiger partial charge < -0.3 is 9.47 Å². The first-order valence-corrected chi connectivity index (χ1v) is 13.1. The second-order valence-corrected chi connectivity index (χ2v) is 9.69. The Hall–Kier alpha value is -2.81. The zero-order valence-corrected chi connectivity index (χ0v) is 20.8. The molecule has 2 aromatic carbocycles. The van der Waals surface area contributed by atoms with Crippen LogP contribution in [0.2, 0.25) is 0 Å². The molecule has 0 aliphatic heterocycles. The lowest BCUT2D eigenvalue weighted by atomic mass is 9.79. The maximum absolute atomic E-state index is 6.03. The van der Waals surface area contributed by atoms with Crippen LogP contribution in [0.3, 0.4) is 0 Å². The first-order valence-electron chi connectivity index (χ1n) is 13.1. The van der Waals surface area contributed by atoms with Crippen molar-refractivity contribution in [3.63, 3.8) is 0 Å². The molecule has 34 heavy (non-hydrogen) atoms. The number of ether oxygens (including phenoxy) is 2. The fraction of sp³-hybridized carbons (Fsp3) is 0.452. The van der Waals surface area contributed by atoms with Gasteiger partial charge in [-0.25, -0.2) is 0 Å². The van der Waals surface area contributed by atoms with Crippen molar-refractivity contribution in [2.75, 3.05) is 13.7 Å². The Balaban J connectivity index is 1.23. The maximum atomic E-state index is 6.03. The number of rotatable bonds is 11. The van der Waals surface area contributed by atoms with E-state index in [-0.39, 0.29) is 0 Å². The van der Waals surface area contributed by atoms with Crippen molar-refractivity contribution in [1.82, 2.24) is 4.98 Å². The highest BCUT2D eigenvalue weighted by atomic mass is 16.5. The minimum absolute atomic E-state index is 0.641. The molecule has 1 fully saturated rings. The second-order valence-electron chi connectivity index (χ2n) is 9.69. The molecular weight excluding hydrogens is 418 g/mol. The smallest absolute Gasteiger partial charge is 0.119 e. The summed E-state index contributed by atoms with van der Waals surface area (Å²) in [6, 6.07) is 21.4. The Kier molecular flexibility index (Phi) is 9.01. The maximum Gasteiger partial charge on any atom is 0.119 e. The Morgan fingerprint density at radius 1 is 0.794 bits per heavy atom. The van der Waals surface area contributed by atoms with Gasteiger partial charge in [0.15, 0.2) is 0 Å². The molecule has 0 spiro atoms. The zero-order chi connectivity index (χ0) is 23.6. The highest BCUT2D eigenvalue weighted by Crippen LogP contribution is 2.36. The zero-order valence-electron chi connectivity index (χ0n) is 20.8. The summed E-state index contributed by atoms with van der Waals surface area (Å²) >= 11 is 0. The molecule has 3 aromatic rings. The Morgan fingerprint density at radius 3 is 2.18 bits per heavy atom. The van der Waals surface area contributed by atoms with E-state index < -0.39 is 0 Å². The van der Waals surface area contributed by atoms with Crippen LogP contribution in [0.25, 0.3) is 11.3 Å². The summed E-state index contributed by atoms with van der Waals surface area (Å²) in [5, 5.41) is 0. The highest BCUT2D eigenvalue weighted by molar-refractivity contribution is 5.59. The number of unbranched alkanes of at least 4 members (excludes halogenated alkanes) is 3. The molecule has 1 aliphatic carbocycles. The fourth-order valence-corrected chi connectivity index (χ4v) is 4.97. The van der Waals surface area contributed by atoms with Crippen molar-refractivity contribution in [3.05, 3.63) is 78.0 Å². The van der Waals surface area contributed by atoms with Crippen molar-refractivity contribution in [3.8, 4) is 22.8 Å². The summed E-state index contributed by atoms with van der Waals surface area (Å²) in [7, 11) is 1.69. The Labute approximate surface area is 205 Å². The number of methoxy groups -OCH3 is 1. The summed E-state index contributed by atoms with van der Waals surface area (Å²) in [4.78, 5) is 4.73. The number of aryl methyl sites for hydroxylation is 1. The van der Waals surface area contributed by atoms with Gasteiger partial charge in [0.1, 0.15) is 11.5 Å². The van der Waals surface area contributed by atoms with E-state index in [4.69, 9.17) is 14.5 Å². The third kappa shape index (κ3) is 6.85. The van der Waals surface area contributed by atoms with E-state index in [1.165, 1.54) is 68.1 Å². The largest absolute Gasteiger partial charge is 0.497 e. The van der Waals surface area contributed by atoms with Crippen molar-refractivity contribution in [2.24, 2.45) is 5.92 Å². The molecule has 180 valence electrons. The second kappa shape index (κ2) is 12.6. The van der Waals surface area contributed by atoms with Crippen LogP contribution in [0.15, 0.2) is 66.9 Å². The molecule has 1 heterocycles. The molecule has 1 aliphatic rings. The summed E-state index contributed by atoms with van der Waals surface area (Å²) in [6.07, 6.45) is 13.3. The lowest BCUT2D eigenvalue weighted by Crippen LogP contribution is -2.19. The minimum atomic E-state index is 0.641. The van der Waals surface area contributed by atoms with E-state index in [9.17, 15) is 0 Å². The summed E-state index contributed by atoms with van der Waals surface area (Å²) in [5.41, 5.74) is 5.10. The highest BCUT2D eigenvalue weighted by Gasteiger charge is 2.23. The van der Waals surface area contributed by atoms with E-state index in [0.717, 1.165) is 30.2 Å². The summed E-state index contributed by atoms with van der Waals surface area (Å²) in [5.74, 6) is 3.09. The van der Waals surface area contributed by atoms with E-state index >= 15 is 0 Å². The predicted molar refractivity (Wildman–Crippen MR) is 141 cm³/mol. The average Bonchev–Trinajstić information content (AvgIpc) is 2.91. The number of pyridine rings is 1. The van der Waals surface area contributed by atoms with Gasteiger partial charge in [-0.05, 0) is 91.8 Å². The number of aromatic nitrogens is 1. The van der Waals surface area contributed by atoms with Crippen LogP contribution >= 0.6 is 0 Å². The van der Waals surface area contributed by atoms with Crippen LogP contribution in [-0.4, -0.2) is 18.7 Å². The van der Waals surface area contributed by atoms with Crippen molar-refractivity contribution in [1.29, 1.82) is 0 Å². The van der Waals surface area contributed by atoms with Gasteiger partial charge in [0.25, 0.3) is 0 Å². The Bertz CT molecular complexity index is 971. The Morgan fingerprint density at radius 2 is 1.53 bits per heavy atom. The number of hydrogen-bond donors (Lipinski definition) is 0. The van der Waals surface area contributed by atoms with E-state index in [1.807, 2.05) is 24.3 Å². The molecule has 1 saturated carbocycles. The summed E-state index contributed by atoms with van der Waals surface area (Å²) < 4.78 is 11.2. The summed E-state index contributed by atoms with van der Waals surface area (Å²) in [6.45, 7) is 3.06. The molecule has 3 heteroatoms. The lowest BCUT2D eigenvalue weighted by molar-refractivity contribution is 0.200. The van der Waals surface area contributed by atoms with Crippen molar-refractivity contribution < 1.29 is 9.47 Å². The third-order valence-corrected chi connectivity index (χ3v) is 7.21. The topological polar surface area (TPSA) is 31.4 Å². The van der Waals surface area contributed by atoms with Gasteiger partial charge in [-0.1, -0.05) is 56.5 Å². The van der Waals surface area contributed by atoms with Gasteiger partial charge in [0.05, 0.1) is 19.4 Å². The first kappa shape index (κ1) is 24.3. The van der Waals surface area contributed by atoms with Gasteiger partial charge >= 0.3 is 0 Å². The minimum Gasteiger partial charge on any atom is -0.497 e. The van der Waals surface area contributed by atoms with Crippen LogP contribution in [0.5, 0.6) is 11.5 Å². The van der Waals surface area contributed by atoms with Crippen LogP contribution in [0, 0.1) is 5.92 Å². The van der Waals surface area contributed by atoms with Gasteiger partial charge in [-0.3, -0.25) is 4.98 Å². The molecule has 3 nitrogen and oxygen atoms in total. The first-order chi connectivity index (χ1) is 16.7. The molecule has 4 rings (SSSR count). The van der Waals surface area contributed by atoms with Gasteiger partial charge in [0, 0.05) is 11.8 Å². The molecule has 1 aromatic heterocycles. The van der Waals surface area contributed by atoms with Crippen molar-refractivity contribution in [2.45, 2.75) is 70.6 Å². The quantitative estimate of drug-likeness (QED) is 0.272. The molecule has 0 unspecified atom stereocenters. The standard InChI is InChI=1S/C31H39NO2/c1-3-4-5-6-7-24-10-21-31(32-22-24)28-15-13-27(14-16-28)26-11-8-25(9-12-26)23-34-30-19-17-29(33-2)18-20-30/h10,13-22,25-26H,3-9,11-12,23H2,1-2H3/t25-,26-. The molecule has 0 amide bonds. The van der Waals surface area contributed by atoms with Crippen LogP contribution in [0.4, 0.5) is 0 Å². The molecule has 0 N–H and O–H groups in total. The lowest BCUT2D eigenvalue weighted by Gasteiger charge is -2.29. The van der Waals surface area contributed by atoms with E-state index in [0.29, 0.717) is 11.8 Å². The SMILES string of the molecule is CCCCCCc1ccc(-c2ccc([C@H]3CC[C@H](COc4ccc(OC)cc4)CC3)cc2)nc1. The molecule has 0 atom stereocenters.